The van der Waals surface area contributed by atoms with Crippen LogP contribution in [0, 0.1) is 11.8 Å². The molecule has 3 amide bonds. The lowest BCUT2D eigenvalue weighted by Crippen LogP contribution is -2.61. The Hall–Kier alpha value is -2.24. The summed E-state index contributed by atoms with van der Waals surface area (Å²) in [6.45, 7) is 7.65. The SMILES string of the molecule is CCC(C)C(N)C(=O)NC(C(=O)NC(C(=O)NC(CO)C(=O)O)C(C)O)C(C)CC. The van der Waals surface area contributed by atoms with Crippen LogP contribution in [0.2, 0.25) is 0 Å². The van der Waals surface area contributed by atoms with Gasteiger partial charge >= 0.3 is 5.97 Å². The lowest BCUT2D eigenvalue weighted by molar-refractivity contribution is -0.144. The average Bonchev–Trinajstić information content (AvgIpc) is 2.70. The number of carboxylic acid groups (broad SMARTS) is 1. The van der Waals surface area contributed by atoms with E-state index in [-0.39, 0.29) is 11.8 Å². The van der Waals surface area contributed by atoms with Crippen molar-refractivity contribution in [2.45, 2.75) is 77.7 Å². The van der Waals surface area contributed by atoms with Crippen LogP contribution in [-0.4, -0.2) is 75.9 Å². The fourth-order valence-electron chi connectivity index (χ4n) is 2.56. The number of amides is 3. The molecule has 0 spiro atoms. The molecule has 0 aliphatic carbocycles. The van der Waals surface area contributed by atoms with Gasteiger partial charge in [0.2, 0.25) is 17.7 Å². The van der Waals surface area contributed by atoms with Crippen LogP contribution in [0.1, 0.15) is 47.5 Å². The van der Waals surface area contributed by atoms with Crippen LogP contribution < -0.4 is 21.7 Å². The molecular weight excluding hydrogens is 396 g/mol. The van der Waals surface area contributed by atoms with Crippen LogP contribution in [-0.2, 0) is 19.2 Å². The van der Waals surface area contributed by atoms with E-state index < -0.39 is 60.6 Å². The minimum atomic E-state index is -1.59. The summed E-state index contributed by atoms with van der Waals surface area (Å²) in [6.07, 6.45) is -0.152. The van der Waals surface area contributed by atoms with E-state index in [2.05, 4.69) is 10.6 Å². The Kier molecular flexibility index (Phi) is 12.2. The molecule has 30 heavy (non-hydrogen) atoms. The molecule has 0 saturated carbocycles. The third-order valence-electron chi connectivity index (χ3n) is 5.21. The van der Waals surface area contributed by atoms with Crippen molar-refractivity contribution < 1.29 is 34.5 Å². The summed E-state index contributed by atoms with van der Waals surface area (Å²) < 4.78 is 0. The number of carboxylic acids is 1. The van der Waals surface area contributed by atoms with Crippen LogP contribution in [0.15, 0.2) is 0 Å². The van der Waals surface area contributed by atoms with Crippen LogP contribution >= 0.6 is 0 Å². The first-order chi connectivity index (χ1) is 13.9. The standard InChI is InChI=1S/C19H36N4O7/c1-6-9(3)13(20)16(26)22-14(10(4)7-2)17(27)23-15(11(5)25)18(28)21-12(8-24)19(29)30/h9-15,24-25H,6-8,20H2,1-5H3,(H,21,28)(H,22,26)(H,23,27)(H,29,30). The molecule has 11 nitrogen and oxygen atoms in total. The molecule has 0 bridgehead atoms. The summed E-state index contributed by atoms with van der Waals surface area (Å²) in [5, 5.41) is 34.9. The van der Waals surface area contributed by atoms with Crippen molar-refractivity contribution in [1.29, 1.82) is 0 Å². The normalized spacial score (nSPS) is 18.1. The fourth-order valence-corrected chi connectivity index (χ4v) is 2.56. The van der Waals surface area contributed by atoms with Crippen molar-refractivity contribution in [3.8, 4) is 0 Å². The van der Waals surface area contributed by atoms with Crippen molar-refractivity contribution in [3.05, 3.63) is 0 Å². The largest absolute Gasteiger partial charge is 0.480 e. The number of aliphatic hydroxyl groups excluding tert-OH is 2. The molecule has 0 aliphatic rings. The molecule has 174 valence electrons. The number of carbonyl (C=O) groups is 4. The van der Waals surface area contributed by atoms with Crippen molar-refractivity contribution in [3.63, 3.8) is 0 Å². The minimum absolute atomic E-state index is 0.104. The van der Waals surface area contributed by atoms with Crippen molar-refractivity contribution >= 4 is 23.7 Å². The van der Waals surface area contributed by atoms with Crippen molar-refractivity contribution in [1.82, 2.24) is 16.0 Å². The number of rotatable bonds is 13. The number of hydrogen-bond donors (Lipinski definition) is 7. The Morgan fingerprint density at radius 2 is 1.30 bits per heavy atom. The monoisotopic (exact) mass is 432 g/mol. The van der Waals surface area contributed by atoms with Gasteiger partial charge in [0.25, 0.3) is 0 Å². The minimum Gasteiger partial charge on any atom is -0.480 e. The predicted octanol–water partition coefficient (Wildman–Crippen LogP) is -1.68. The van der Waals surface area contributed by atoms with Crippen LogP contribution in [0.5, 0.6) is 0 Å². The summed E-state index contributed by atoms with van der Waals surface area (Å²) >= 11 is 0. The summed E-state index contributed by atoms with van der Waals surface area (Å²) in [5.41, 5.74) is 5.93. The van der Waals surface area contributed by atoms with Gasteiger partial charge in [0, 0.05) is 0 Å². The molecule has 0 saturated heterocycles. The van der Waals surface area contributed by atoms with E-state index in [1.807, 2.05) is 26.1 Å². The Bertz CT molecular complexity index is 599. The molecule has 0 aromatic heterocycles. The molecule has 0 aliphatic heterocycles. The Labute approximate surface area is 176 Å². The van der Waals surface area contributed by atoms with Gasteiger partial charge in [0.05, 0.1) is 18.8 Å². The molecule has 0 rings (SSSR count). The quantitative estimate of drug-likeness (QED) is 0.179. The second-order valence-electron chi connectivity index (χ2n) is 7.59. The maximum absolute atomic E-state index is 12.8. The highest BCUT2D eigenvalue weighted by Crippen LogP contribution is 2.11. The van der Waals surface area contributed by atoms with Gasteiger partial charge in [-0.1, -0.05) is 40.5 Å². The summed E-state index contributed by atoms with van der Waals surface area (Å²) in [6, 6.07) is -4.90. The average molecular weight is 433 g/mol. The van der Waals surface area contributed by atoms with Gasteiger partial charge in [-0.3, -0.25) is 14.4 Å². The second kappa shape index (κ2) is 13.1. The zero-order valence-electron chi connectivity index (χ0n) is 18.2. The zero-order valence-corrected chi connectivity index (χ0v) is 18.2. The van der Waals surface area contributed by atoms with Gasteiger partial charge in [0.15, 0.2) is 0 Å². The zero-order chi connectivity index (χ0) is 23.6. The van der Waals surface area contributed by atoms with E-state index >= 15 is 0 Å². The van der Waals surface area contributed by atoms with E-state index in [4.69, 9.17) is 15.9 Å². The molecule has 7 unspecified atom stereocenters. The molecular formula is C19H36N4O7. The molecule has 7 atom stereocenters. The first-order valence-corrected chi connectivity index (χ1v) is 10.1. The van der Waals surface area contributed by atoms with E-state index in [1.54, 1.807) is 6.92 Å². The third kappa shape index (κ3) is 8.25. The highest BCUT2D eigenvalue weighted by atomic mass is 16.4. The van der Waals surface area contributed by atoms with Gasteiger partial charge in [0.1, 0.15) is 18.1 Å². The Morgan fingerprint density at radius 1 is 0.833 bits per heavy atom. The molecule has 0 aromatic rings. The topological polar surface area (TPSA) is 191 Å². The van der Waals surface area contributed by atoms with Crippen LogP contribution in [0.4, 0.5) is 0 Å². The third-order valence-corrected chi connectivity index (χ3v) is 5.21. The lowest BCUT2D eigenvalue weighted by Gasteiger charge is -2.29. The van der Waals surface area contributed by atoms with Crippen molar-refractivity contribution in [2.24, 2.45) is 17.6 Å². The highest BCUT2D eigenvalue weighted by molar-refractivity contribution is 5.94. The van der Waals surface area contributed by atoms with E-state index in [1.165, 1.54) is 6.92 Å². The highest BCUT2D eigenvalue weighted by Gasteiger charge is 2.34. The first-order valence-electron chi connectivity index (χ1n) is 10.1. The van der Waals surface area contributed by atoms with Gasteiger partial charge in [-0.05, 0) is 18.8 Å². The number of carbonyl (C=O) groups excluding carboxylic acids is 3. The number of hydrogen-bond acceptors (Lipinski definition) is 7. The van der Waals surface area contributed by atoms with Crippen LogP contribution in [0.25, 0.3) is 0 Å². The molecule has 0 aromatic carbocycles. The fraction of sp³-hybridized carbons (Fsp3) is 0.789. The Balaban J connectivity index is 5.44. The molecule has 0 radical (unpaired) electrons. The summed E-state index contributed by atoms with van der Waals surface area (Å²) in [5.74, 6) is -4.08. The van der Waals surface area contributed by atoms with Gasteiger partial charge in [-0.25, -0.2) is 4.79 Å². The van der Waals surface area contributed by atoms with Gasteiger partial charge in [-0.2, -0.15) is 0 Å². The maximum Gasteiger partial charge on any atom is 0.328 e. The molecule has 8 N–H and O–H groups in total. The number of aliphatic carboxylic acids is 1. The van der Waals surface area contributed by atoms with Gasteiger partial charge in [-0.15, -0.1) is 0 Å². The first kappa shape index (κ1) is 27.8. The van der Waals surface area contributed by atoms with Crippen molar-refractivity contribution in [2.75, 3.05) is 6.61 Å². The summed E-state index contributed by atoms with van der Waals surface area (Å²) in [4.78, 5) is 48.6. The number of nitrogens with two attached hydrogens (primary N) is 1. The summed E-state index contributed by atoms with van der Waals surface area (Å²) in [7, 11) is 0. The second-order valence-corrected chi connectivity index (χ2v) is 7.59. The van der Waals surface area contributed by atoms with E-state index in [0.717, 1.165) is 0 Å². The predicted molar refractivity (Wildman–Crippen MR) is 109 cm³/mol. The number of nitrogens with one attached hydrogen (secondary N) is 3. The lowest BCUT2D eigenvalue weighted by atomic mass is 9.95. The molecule has 0 fully saturated rings. The smallest absolute Gasteiger partial charge is 0.328 e. The molecule has 11 heteroatoms. The van der Waals surface area contributed by atoms with Gasteiger partial charge < -0.3 is 37.0 Å². The number of aliphatic hydroxyl groups is 2. The van der Waals surface area contributed by atoms with Crippen LogP contribution in [0.3, 0.4) is 0 Å². The Morgan fingerprint density at radius 3 is 1.70 bits per heavy atom. The van der Waals surface area contributed by atoms with E-state index in [9.17, 15) is 24.3 Å². The maximum atomic E-state index is 12.8. The molecule has 0 heterocycles. The van der Waals surface area contributed by atoms with E-state index in [0.29, 0.717) is 12.8 Å².